The number of amides is 1. The summed E-state index contributed by atoms with van der Waals surface area (Å²) < 4.78 is 44.5. The highest BCUT2D eigenvalue weighted by atomic mass is 35.5. The van der Waals surface area contributed by atoms with E-state index in [2.05, 4.69) is 18.9 Å². The van der Waals surface area contributed by atoms with Crippen LogP contribution in [0.2, 0.25) is 10.0 Å². The minimum absolute atomic E-state index is 0.0209. The van der Waals surface area contributed by atoms with Crippen molar-refractivity contribution in [2.45, 2.75) is 77.6 Å². The molecule has 1 aromatic heterocycles. The average Bonchev–Trinajstić information content (AvgIpc) is 3.30. The molecule has 0 bridgehead atoms. The Morgan fingerprint density at radius 2 is 1.63 bits per heavy atom. The van der Waals surface area contributed by atoms with Crippen LogP contribution >= 0.6 is 23.2 Å². The number of fused-ring (bicyclic) bond motifs is 1. The van der Waals surface area contributed by atoms with Crippen molar-refractivity contribution >= 4 is 40.9 Å². The fourth-order valence-corrected chi connectivity index (χ4v) is 7.63. The molecule has 7 nitrogen and oxygen atoms in total. The number of carbonyl (C=O) groups excluding carboxylic acids is 2. The van der Waals surface area contributed by atoms with Crippen molar-refractivity contribution in [1.29, 1.82) is 0 Å². The number of carboxylic acid groups (broad SMARTS) is 1. The molecular weight excluding hydrogens is 582 g/mol. The second kappa shape index (κ2) is 10.3. The monoisotopic (exact) mass is 613 g/mol. The molecule has 2 aromatic rings. The number of hydrogen-bond donors (Lipinski definition) is 1. The Balaban J connectivity index is 1.48. The van der Waals surface area contributed by atoms with Gasteiger partial charge in [0.25, 0.3) is 5.91 Å². The first-order valence-electron chi connectivity index (χ1n) is 13.7. The van der Waals surface area contributed by atoms with Gasteiger partial charge in [0.1, 0.15) is 0 Å². The molecule has 0 aliphatic heterocycles. The molecule has 3 aliphatic carbocycles. The molecular formula is C29H32Cl2F3N3O4. The molecule has 0 spiro atoms. The van der Waals surface area contributed by atoms with Crippen LogP contribution in [0.5, 0.6) is 0 Å². The van der Waals surface area contributed by atoms with Crippen LogP contribution in [-0.2, 0) is 11.0 Å². The summed E-state index contributed by atoms with van der Waals surface area (Å²) >= 11 is 12.5. The predicted molar refractivity (Wildman–Crippen MR) is 146 cm³/mol. The van der Waals surface area contributed by atoms with Crippen molar-refractivity contribution < 1.29 is 32.7 Å². The number of halogens is 5. The molecule has 12 heteroatoms. The molecule has 1 aromatic carbocycles. The van der Waals surface area contributed by atoms with E-state index in [9.17, 15) is 32.7 Å². The van der Waals surface area contributed by atoms with E-state index in [-0.39, 0.29) is 46.7 Å². The number of aromatic nitrogens is 2. The van der Waals surface area contributed by atoms with Gasteiger partial charge in [-0.25, -0.2) is 0 Å². The Hall–Kier alpha value is -2.59. The van der Waals surface area contributed by atoms with E-state index in [1.54, 1.807) is 13.0 Å². The van der Waals surface area contributed by atoms with Crippen molar-refractivity contribution in [3.8, 4) is 0 Å². The summed E-state index contributed by atoms with van der Waals surface area (Å²) in [6.07, 6.45) is -2.09. The lowest BCUT2D eigenvalue weighted by Gasteiger charge is -2.35. The largest absolute Gasteiger partial charge is 0.481 e. The zero-order chi connectivity index (χ0) is 30.1. The second-order valence-electron chi connectivity index (χ2n) is 12.6. The third-order valence-corrected chi connectivity index (χ3v) is 10.4. The molecule has 3 fully saturated rings. The Morgan fingerprint density at radius 1 is 1.07 bits per heavy atom. The zero-order valence-electron chi connectivity index (χ0n) is 23.0. The number of hydrogen-bond acceptors (Lipinski definition) is 4. The molecule has 41 heavy (non-hydrogen) atoms. The van der Waals surface area contributed by atoms with Gasteiger partial charge in [-0.3, -0.25) is 19.1 Å². The summed E-state index contributed by atoms with van der Waals surface area (Å²) in [4.78, 5) is 40.3. The van der Waals surface area contributed by atoms with Gasteiger partial charge in [-0.1, -0.05) is 43.1 Å². The number of rotatable bonds is 7. The fraction of sp³-hybridized carbons (Fsp3) is 0.586. The molecule has 2 unspecified atom stereocenters. The van der Waals surface area contributed by atoms with Gasteiger partial charge in [-0.05, 0) is 74.8 Å². The SMILES string of the molecule is CC1(C(=O)O)CCC(n2ncc(C(=O)N(CC(=O)c3c(Cl)cccc3Cl)C3CC4C(C3)C4(C)C)c2C(F)(F)F)CC1. The Morgan fingerprint density at radius 3 is 2.15 bits per heavy atom. The lowest BCUT2D eigenvalue weighted by molar-refractivity contribution is -0.152. The minimum Gasteiger partial charge on any atom is -0.481 e. The first kappa shape index (κ1) is 29.9. The molecule has 222 valence electrons. The van der Waals surface area contributed by atoms with Gasteiger partial charge in [0, 0.05) is 6.04 Å². The maximum absolute atomic E-state index is 14.6. The summed E-state index contributed by atoms with van der Waals surface area (Å²) in [7, 11) is 0. The standard InChI is InChI=1S/C29H32Cl2F3N3O4/c1-27(2)18-11-16(12-19(18)27)36(14-22(38)23-20(30)5-4-6-21(23)31)25(39)17-13-35-37(24(17)29(32,33)34)15-7-9-28(3,10-8-15)26(40)41/h4-6,13,15-16,18-19H,7-12,14H2,1-3H3,(H,40,41). The number of benzene rings is 1. The van der Waals surface area contributed by atoms with Crippen molar-refractivity contribution in [1.82, 2.24) is 14.7 Å². The number of aliphatic carboxylic acids is 1. The van der Waals surface area contributed by atoms with Crippen molar-refractivity contribution in [2.24, 2.45) is 22.7 Å². The van der Waals surface area contributed by atoms with Crippen LogP contribution in [-0.4, -0.2) is 50.0 Å². The van der Waals surface area contributed by atoms with Gasteiger partial charge >= 0.3 is 12.1 Å². The quantitative estimate of drug-likeness (QED) is 0.334. The van der Waals surface area contributed by atoms with E-state index in [0.717, 1.165) is 10.9 Å². The summed E-state index contributed by atoms with van der Waals surface area (Å²) in [5.74, 6) is -1.83. The molecule has 0 saturated heterocycles. The number of carboxylic acids is 1. The van der Waals surface area contributed by atoms with Crippen LogP contribution in [0.4, 0.5) is 13.2 Å². The number of alkyl halides is 3. The van der Waals surface area contributed by atoms with Gasteiger partial charge < -0.3 is 10.0 Å². The van der Waals surface area contributed by atoms with Crippen molar-refractivity contribution in [3.05, 3.63) is 51.3 Å². The molecule has 5 rings (SSSR count). The highest BCUT2D eigenvalue weighted by molar-refractivity contribution is 6.40. The van der Waals surface area contributed by atoms with E-state index in [0.29, 0.717) is 24.7 Å². The zero-order valence-corrected chi connectivity index (χ0v) is 24.5. The highest BCUT2D eigenvalue weighted by Crippen LogP contribution is 2.67. The molecule has 1 amide bonds. The molecule has 0 radical (unpaired) electrons. The second-order valence-corrected chi connectivity index (χ2v) is 13.4. The van der Waals surface area contributed by atoms with E-state index in [1.165, 1.54) is 17.0 Å². The van der Waals surface area contributed by atoms with Gasteiger partial charge in [0.05, 0.1) is 45.4 Å². The van der Waals surface area contributed by atoms with Crippen LogP contribution in [0.15, 0.2) is 24.4 Å². The van der Waals surface area contributed by atoms with Crippen LogP contribution in [0, 0.1) is 22.7 Å². The molecule has 3 aliphatic rings. The lowest BCUT2D eigenvalue weighted by atomic mass is 9.74. The molecule has 1 heterocycles. The van der Waals surface area contributed by atoms with Crippen LogP contribution in [0.1, 0.15) is 91.7 Å². The number of Topliss-reactive ketones (excluding diaryl/α,β-unsaturated/α-hetero) is 1. The normalized spacial score (nSPS) is 28.7. The van der Waals surface area contributed by atoms with Gasteiger partial charge in [0.15, 0.2) is 11.5 Å². The molecule has 2 atom stereocenters. The van der Waals surface area contributed by atoms with Crippen molar-refractivity contribution in [2.75, 3.05) is 6.54 Å². The summed E-state index contributed by atoms with van der Waals surface area (Å²) in [5, 5.41) is 13.7. The first-order valence-corrected chi connectivity index (χ1v) is 14.5. The summed E-state index contributed by atoms with van der Waals surface area (Å²) in [6.45, 7) is 5.37. The molecule has 1 N–H and O–H groups in total. The summed E-state index contributed by atoms with van der Waals surface area (Å²) in [6, 6.07) is 3.42. The van der Waals surface area contributed by atoms with Gasteiger partial charge in [-0.2, -0.15) is 18.3 Å². The van der Waals surface area contributed by atoms with E-state index >= 15 is 0 Å². The highest BCUT2D eigenvalue weighted by Gasteiger charge is 2.63. The third-order valence-electron chi connectivity index (χ3n) is 9.81. The summed E-state index contributed by atoms with van der Waals surface area (Å²) in [5.41, 5.74) is -2.71. The van der Waals surface area contributed by atoms with E-state index in [1.807, 2.05) is 0 Å². The predicted octanol–water partition coefficient (Wildman–Crippen LogP) is 7.17. The van der Waals surface area contributed by atoms with Gasteiger partial charge in [-0.15, -0.1) is 0 Å². The maximum Gasteiger partial charge on any atom is 0.433 e. The van der Waals surface area contributed by atoms with Crippen LogP contribution < -0.4 is 0 Å². The Bertz CT molecular complexity index is 1360. The maximum atomic E-state index is 14.6. The topological polar surface area (TPSA) is 92.5 Å². The smallest absolute Gasteiger partial charge is 0.433 e. The van der Waals surface area contributed by atoms with E-state index < -0.39 is 59.1 Å². The number of ketones is 1. The Kier molecular flexibility index (Phi) is 7.50. The van der Waals surface area contributed by atoms with Crippen molar-refractivity contribution in [3.63, 3.8) is 0 Å². The third kappa shape index (κ3) is 5.26. The fourth-order valence-electron chi connectivity index (χ4n) is 7.03. The van der Waals surface area contributed by atoms with Gasteiger partial charge in [0.2, 0.25) is 0 Å². The lowest BCUT2D eigenvalue weighted by Crippen LogP contribution is -2.44. The first-order chi connectivity index (χ1) is 19.1. The average molecular weight is 614 g/mol. The Labute approximate surface area is 246 Å². The van der Waals surface area contributed by atoms with Crippen LogP contribution in [0.25, 0.3) is 0 Å². The van der Waals surface area contributed by atoms with E-state index in [4.69, 9.17) is 23.2 Å². The minimum atomic E-state index is -4.91. The number of carbonyl (C=O) groups is 3. The number of nitrogens with zero attached hydrogens (tertiary/aromatic N) is 3. The van der Waals surface area contributed by atoms with Crippen LogP contribution in [0.3, 0.4) is 0 Å². The molecule has 3 saturated carbocycles.